The minimum Gasteiger partial charge on any atom is -0.353 e. The highest BCUT2D eigenvalue weighted by Gasteiger charge is 2.09. The first-order chi connectivity index (χ1) is 17.3. The van der Waals surface area contributed by atoms with Crippen LogP contribution in [0.2, 0.25) is 0 Å². The Hall–Kier alpha value is -0.0500. The predicted octanol–water partition coefficient (Wildman–Crippen LogP) is 11.5. The fourth-order valence-corrected chi connectivity index (χ4v) is 4.64. The average Bonchev–Trinajstić information content (AvgIpc) is 2.87. The van der Waals surface area contributed by atoms with Crippen LogP contribution < -0.4 is 0 Å². The Morgan fingerprint density at radius 1 is 0.486 bits per heavy atom. The molecule has 2 nitrogen and oxygen atoms in total. The summed E-state index contributed by atoms with van der Waals surface area (Å²) in [6, 6.07) is 0. The minimum absolute atomic E-state index is 0.0231. The SMILES string of the molecule is CCCCCCCCCOC(CCCCCCCCC/C=C/CCCl)OCCCCCCCCC. The van der Waals surface area contributed by atoms with Gasteiger partial charge >= 0.3 is 0 Å². The van der Waals surface area contributed by atoms with Crippen LogP contribution >= 0.6 is 11.6 Å². The summed E-state index contributed by atoms with van der Waals surface area (Å²) in [6.45, 7) is 6.31. The van der Waals surface area contributed by atoms with Crippen molar-refractivity contribution in [3.63, 3.8) is 0 Å². The predicted molar refractivity (Wildman–Crippen MR) is 158 cm³/mol. The molecule has 0 aliphatic heterocycles. The van der Waals surface area contributed by atoms with Crippen LogP contribution in [0.3, 0.4) is 0 Å². The molecule has 0 aliphatic rings. The van der Waals surface area contributed by atoms with Crippen LogP contribution in [0.15, 0.2) is 12.2 Å². The summed E-state index contributed by atoms with van der Waals surface area (Å²) >= 11 is 5.69. The smallest absolute Gasteiger partial charge is 0.157 e. The summed E-state index contributed by atoms with van der Waals surface area (Å²) < 4.78 is 12.4. The van der Waals surface area contributed by atoms with E-state index < -0.39 is 0 Å². The summed E-state index contributed by atoms with van der Waals surface area (Å²) in [5.74, 6) is 0.742. The molecular weight excluding hydrogens is 452 g/mol. The fraction of sp³-hybridized carbons (Fsp3) is 0.938. The molecule has 0 unspecified atom stereocenters. The van der Waals surface area contributed by atoms with Gasteiger partial charge in [0.15, 0.2) is 6.29 Å². The van der Waals surface area contributed by atoms with Gasteiger partial charge in [0.05, 0.1) is 0 Å². The first-order valence-corrected chi connectivity index (χ1v) is 16.3. The second-order valence-corrected chi connectivity index (χ2v) is 10.8. The molecule has 35 heavy (non-hydrogen) atoms. The van der Waals surface area contributed by atoms with Crippen molar-refractivity contribution < 1.29 is 9.47 Å². The molecule has 0 radical (unpaired) electrons. The first kappa shape index (κ1) is 35.0. The summed E-state index contributed by atoms with van der Waals surface area (Å²) in [5, 5.41) is 0. The van der Waals surface area contributed by atoms with Crippen molar-refractivity contribution in [2.75, 3.05) is 19.1 Å². The number of halogens is 1. The van der Waals surface area contributed by atoms with Gasteiger partial charge in [0, 0.05) is 19.1 Å². The van der Waals surface area contributed by atoms with E-state index in [4.69, 9.17) is 21.1 Å². The third-order valence-corrected chi connectivity index (χ3v) is 7.07. The van der Waals surface area contributed by atoms with E-state index >= 15 is 0 Å². The van der Waals surface area contributed by atoms with Crippen molar-refractivity contribution in [2.45, 2.75) is 174 Å². The Kier molecular flexibility index (Phi) is 31.9. The first-order valence-electron chi connectivity index (χ1n) is 15.8. The second-order valence-electron chi connectivity index (χ2n) is 10.4. The number of hydrogen-bond acceptors (Lipinski definition) is 2. The van der Waals surface area contributed by atoms with E-state index in [2.05, 4.69) is 26.0 Å². The van der Waals surface area contributed by atoms with E-state index in [9.17, 15) is 0 Å². The second kappa shape index (κ2) is 32.0. The molecule has 0 aromatic heterocycles. The molecule has 0 saturated heterocycles. The van der Waals surface area contributed by atoms with Crippen molar-refractivity contribution in [2.24, 2.45) is 0 Å². The van der Waals surface area contributed by atoms with Gasteiger partial charge in [-0.3, -0.25) is 0 Å². The van der Waals surface area contributed by atoms with E-state index in [-0.39, 0.29) is 6.29 Å². The number of alkyl halides is 1. The average molecular weight is 515 g/mol. The van der Waals surface area contributed by atoms with Gasteiger partial charge in [0.25, 0.3) is 0 Å². The van der Waals surface area contributed by atoms with E-state index in [0.29, 0.717) is 0 Å². The van der Waals surface area contributed by atoms with Gasteiger partial charge in [-0.05, 0) is 44.9 Å². The van der Waals surface area contributed by atoms with Crippen LogP contribution in [-0.4, -0.2) is 25.4 Å². The zero-order valence-electron chi connectivity index (χ0n) is 24.0. The molecule has 0 spiro atoms. The highest BCUT2D eigenvalue weighted by Crippen LogP contribution is 2.15. The largest absolute Gasteiger partial charge is 0.353 e. The summed E-state index contributed by atoms with van der Waals surface area (Å²) in [6.07, 6.45) is 35.8. The normalized spacial score (nSPS) is 11.9. The monoisotopic (exact) mass is 514 g/mol. The molecule has 0 bridgehead atoms. The highest BCUT2D eigenvalue weighted by atomic mass is 35.5. The van der Waals surface area contributed by atoms with Crippen LogP contribution in [0, 0.1) is 0 Å². The van der Waals surface area contributed by atoms with Crippen molar-refractivity contribution in [1.82, 2.24) is 0 Å². The van der Waals surface area contributed by atoms with Crippen molar-refractivity contribution in [3.05, 3.63) is 12.2 Å². The van der Waals surface area contributed by atoms with Crippen LogP contribution in [0.1, 0.15) is 168 Å². The number of ether oxygens (including phenoxy) is 2. The molecule has 0 saturated carbocycles. The Labute approximate surface area is 226 Å². The zero-order chi connectivity index (χ0) is 25.5. The minimum atomic E-state index is 0.0231. The molecular formula is C32H63ClO2. The van der Waals surface area contributed by atoms with Gasteiger partial charge < -0.3 is 9.47 Å². The lowest BCUT2D eigenvalue weighted by Gasteiger charge is -2.19. The Bertz CT molecular complexity index is 379. The van der Waals surface area contributed by atoms with E-state index in [1.165, 1.54) is 141 Å². The lowest BCUT2D eigenvalue weighted by molar-refractivity contribution is -0.148. The molecule has 0 aliphatic carbocycles. The number of allylic oxidation sites excluding steroid dienone is 2. The summed E-state index contributed by atoms with van der Waals surface area (Å²) in [5.41, 5.74) is 0. The molecule has 0 atom stereocenters. The van der Waals surface area contributed by atoms with Gasteiger partial charge in [-0.1, -0.05) is 135 Å². The number of rotatable bonds is 30. The van der Waals surface area contributed by atoms with E-state index in [1.807, 2.05) is 0 Å². The number of unbranched alkanes of at least 4 members (excludes halogenated alkanes) is 19. The lowest BCUT2D eigenvalue weighted by atomic mass is 10.1. The maximum absolute atomic E-state index is 6.19. The van der Waals surface area contributed by atoms with Crippen molar-refractivity contribution in [1.29, 1.82) is 0 Å². The molecule has 0 aromatic carbocycles. The molecule has 0 rings (SSSR count). The van der Waals surface area contributed by atoms with Gasteiger partial charge in [-0.25, -0.2) is 0 Å². The summed E-state index contributed by atoms with van der Waals surface area (Å²) in [4.78, 5) is 0. The standard InChI is InChI=1S/C32H63ClO2/c1-3-5-7-9-18-22-26-30-34-32(35-31-27-23-19-10-8-6-4-2)28-24-20-16-14-12-11-13-15-17-21-25-29-33/h17,21,32H,3-16,18-20,22-31H2,1-2H3/b21-17+. The van der Waals surface area contributed by atoms with E-state index in [1.54, 1.807) is 0 Å². The zero-order valence-corrected chi connectivity index (χ0v) is 24.8. The third kappa shape index (κ3) is 30.1. The molecule has 0 aromatic rings. The third-order valence-electron chi connectivity index (χ3n) is 6.86. The van der Waals surface area contributed by atoms with Crippen LogP contribution in [0.4, 0.5) is 0 Å². The number of hydrogen-bond donors (Lipinski definition) is 0. The Balaban J connectivity index is 3.85. The molecule has 0 N–H and O–H groups in total. The topological polar surface area (TPSA) is 18.5 Å². The van der Waals surface area contributed by atoms with Crippen LogP contribution in [-0.2, 0) is 9.47 Å². The maximum Gasteiger partial charge on any atom is 0.157 e. The Morgan fingerprint density at radius 2 is 0.886 bits per heavy atom. The quantitative estimate of drug-likeness (QED) is 0.0410. The van der Waals surface area contributed by atoms with E-state index in [0.717, 1.165) is 31.9 Å². The molecule has 0 heterocycles. The Morgan fingerprint density at radius 3 is 1.37 bits per heavy atom. The lowest BCUT2D eigenvalue weighted by Crippen LogP contribution is -2.19. The van der Waals surface area contributed by atoms with Gasteiger partial charge in [0.1, 0.15) is 0 Å². The van der Waals surface area contributed by atoms with Crippen molar-refractivity contribution in [3.8, 4) is 0 Å². The van der Waals surface area contributed by atoms with Crippen LogP contribution in [0.25, 0.3) is 0 Å². The fourth-order valence-electron chi connectivity index (χ4n) is 4.52. The molecule has 3 heteroatoms. The van der Waals surface area contributed by atoms with Gasteiger partial charge in [-0.15, -0.1) is 11.6 Å². The van der Waals surface area contributed by atoms with Crippen molar-refractivity contribution >= 4 is 11.6 Å². The highest BCUT2D eigenvalue weighted by molar-refractivity contribution is 6.17. The maximum atomic E-state index is 6.19. The molecule has 210 valence electrons. The van der Waals surface area contributed by atoms with Gasteiger partial charge in [-0.2, -0.15) is 0 Å². The van der Waals surface area contributed by atoms with Crippen LogP contribution in [0.5, 0.6) is 0 Å². The van der Waals surface area contributed by atoms with Gasteiger partial charge in [0.2, 0.25) is 0 Å². The molecule has 0 fully saturated rings. The molecule has 0 amide bonds. The summed E-state index contributed by atoms with van der Waals surface area (Å²) in [7, 11) is 0.